The van der Waals surface area contributed by atoms with Gasteiger partial charge in [0, 0.05) is 19.3 Å². The Morgan fingerprint density at radius 3 is 2.89 bits per heavy atom. The van der Waals surface area contributed by atoms with Crippen molar-refractivity contribution in [3.05, 3.63) is 12.4 Å². The first-order valence-corrected chi connectivity index (χ1v) is 6.62. The molecule has 0 radical (unpaired) electrons. The van der Waals surface area contributed by atoms with Gasteiger partial charge in [-0.25, -0.2) is 4.68 Å². The molecule has 2 rings (SSSR count). The Balaban J connectivity index is 1.85. The third-order valence-electron chi connectivity index (χ3n) is 3.44. The van der Waals surface area contributed by atoms with Crippen LogP contribution in [0.3, 0.4) is 0 Å². The highest BCUT2D eigenvalue weighted by atomic mass is 16.2. The summed E-state index contributed by atoms with van der Waals surface area (Å²) in [4.78, 5) is 14.1. The molecule has 1 aliphatic heterocycles. The molecule has 0 aliphatic carbocycles. The second-order valence-corrected chi connectivity index (χ2v) is 4.73. The number of hydrogen-bond donors (Lipinski definition) is 1. The van der Waals surface area contributed by atoms with E-state index < -0.39 is 0 Å². The smallest absolute Gasteiger partial charge is 0.244 e. The highest BCUT2D eigenvalue weighted by Crippen LogP contribution is 2.13. The van der Waals surface area contributed by atoms with E-state index >= 15 is 0 Å². The lowest BCUT2D eigenvalue weighted by Crippen LogP contribution is -2.40. The van der Waals surface area contributed by atoms with Gasteiger partial charge in [0.2, 0.25) is 5.91 Å². The van der Waals surface area contributed by atoms with E-state index in [1.807, 2.05) is 11.8 Å². The van der Waals surface area contributed by atoms with Crippen LogP contribution in [0.15, 0.2) is 12.4 Å². The predicted octanol–water partition coefficient (Wildman–Crippen LogP) is 0.126. The van der Waals surface area contributed by atoms with Gasteiger partial charge in [-0.1, -0.05) is 5.21 Å². The van der Waals surface area contributed by atoms with Gasteiger partial charge in [0.1, 0.15) is 6.54 Å². The molecule has 1 saturated heterocycles. The Hall–Kier alpha value is -1.43. The Bertz CT molecular complexity index is 359. The Morgan fingerprint density at radius 1 is 1.50 bits per heavy atom. The molecule has 100 valence electrons. The Morgan fingerprint density at radius 2 is 2.28 bits per heavy atom. The second-order valence-electron chi connectivity index (χ2n) is 4.73. The maximum atomic E-state index is 12.1. The minimum Gasteiger partial charge on any atom is -0.341 e. The van der Waals surface area contributed by atoms with Gasteiger partial charge in [-0.3, -0.25) is 4.79 Å². The van der Waals surface area contributed by atoms with Crippen molar-refractivity contribution in [3.63, 3.8) is 0 Å². The summed E-state index contributed by atoms with van der Waals surface area (Å²) in [5.41, 5.74) is 0. The van der Waals surface area contributed by atoms with Gasteiger partial charge in [-0.2, -0.15) is 0 Å². The number of amides is 1. The highest BCUT2D eigenvalue weighted by molar-refractivity contribution is 5.75. The van der Waals surface area contributed by atoms with Crippen LogP contribution in [-0.4, -0.2) is 52.0 Å². The molecule has 0 unspecified atom stereocenters. The average molecular weight is 251 g/mol. The second kappa shape index (κ2) is 6.49. The normalized spacial score (nSPS) is 16.7. The minimum absolute atomic E-state index is 0.126. The van der Waals surface area contributed by atoms with Gasteiger partial charge in [0.15, 0.2) is 0 Å². The third-order valence-corrected chi connectivity index (χ3v) is 3.44. The number of likely N-dealkylation sites (N-methyl/N-ethyl adjacent to an activating group) is 1. The van der Waals surface area contributed by atoms with Crippen LogP contribution in [-0.2, 0) is 11.3 Å². The first-order chi connectivity index (χ1) is 8.79. The number of carbonyl (C=O) groups excluding carboxylic acids is 1. The molecule has 1 aromatic heterocycles. The van der Waals surface area contributed by atoms with Crippen molar-refractivity contribution in [1.82, 2.24) is 25.2 Å². The molecule has 0 aromatic carbocycles. The fourth-order valence-corrected chi connectivity index (χ4v) is 2.34. The largest absolute Gasteiger partial charge is 0.341 e. The Labute approximate surface area is 107 Å². The summed E-state index contributed by atoms with van der Waals surface area (Å²) < 4.78 is 1.58. The summed E-state index contributed by atoms with van der Waals surface area (Å²) in [5, 5.41) is 10.9. The van der Waals surface area contributed by atoms with Crippen molar-refractivity contribution in [2.24, 2.45) is 5.92 Å². The standard InChI is InChI=1S/C12H21N5O/c1-2-16(9-11-3-5-13-6-4-11)12(18)10-17-8-7-14-15-17/h7-8,11,13H,2-6,9-10H2,1H3. The molecular weight excluding hydrogens is 230 g/mol. The van der Waals surface area contributed by atoms with Crippen LogP contribution in [0.25, 0.3) is 0 Å². The van der Waals surface area contributed by atoms with E-state index in [1.54, 1.807) is 17.1 Å². The molecule has 1 N–H and O–H groups in total. The maximum absolute atomic E-state index is 12.1. The van der Waals surface area contributed by atoms with Crippen molar-refractivity contribution in [1.29, 1.82) is 0 Å². The summed E-state index contributed by atoms with van der Waals surface area (Å²) in [6.45, 7) is 6.08. The number of nitrogens with zero attached hydrogens (tertiary/aromatic N) is 4. The predicted molar refractivity (Wildman–Crippen MR) is 67.9 cm³/mol. The van der Waals surface area contributed by atoms with Crippen LogP contribution < -0.4 is 5.32 Å². The minimum atomic E-state index is 0.126. The number of nitrogens with one attached hydrogen (secondary N) is 1. The zero-order chi connectivity index (χ0) is 12.8. The Kier molecular flexibility index (Phi) is 4.69. The SMILES string of the molecule is CCN(CC1CCNCC1)C(=O)Cn1ccnn1. The topological polar surface area (TPSA) is 63.1 Å². The lowest BCUT2D eigenvalue weighted by molar-refractivity contribution is -0.132. The number of carbonyl (C=O) groups is 1. The molecule has 1 fully saturated rings. The van der Waals surface area contributed by atoms with E-state index in [2.05, 4.69) is 15.6 Å². The van der Waals surface area contributed by atoms with E-state index in [1.165, 1.54) is 0 Å². The van der Waals surface area contributed by atoms with Crippen molar-refractivity contribution >= 4 is 5.91 Å². The molecule has 1 aromatic rings. The molecule has 1 amide bonds. The number of piperidine rings is 1. The van der Waals surface area contributed by atoms with Crippen LogP contribution in [0, 0.1) is 5.92 Å². The quantitative estimate of drug-likeness (QED) is 0.808. The molecule has 18 heavy (non-hydrogen) atoms. The molecule has 0 atom stereocenters. The fraction of sp³-hybridized carbons (Fsp3) is 0.750. The summed E-state index contributed by atoms with van der Waals surface area (Å²) in [7, 11) is 0. The van der Waals surface area contributed by atoms with Crippen LogP contribution in [0.1, 0.15) is 19.8 Å². The molecule has 6 nitrogen and oxygen atoms in total. The van der Waals surface area contributed by atoms with Gasteiger partial charge in [0.05, 0.1) is 6.20 Å². The zero-order valence-corrected chi connectivity index (χ0v) is 10.9. The summed E-state index contributed by atoms with van der Waals surface area (Å²) in [5.74, 6) is 0.757. The van der Waals surface area contributed by atoms with Crippen LogP contribution >= 0.6 is 0 Å². The van der Waals surface area contributed by atoms with E-state index in [0.717, 1.165) is 39.0 Å². The van der Waals surface area contributed by atoms with E-state index in [-0.39, 0.29) is 5.91 Å². The van der Waals surface area contributed by atoms with E-state index in [4.69, 9.17) is 0 Å². The molecule has 1 aliphatic rings. The van der Waals surface area contributed by atoms with Crippen molar-refractivity contribution in [2.45, 2.75) is 26.3 Å². The number of hydrogen-bond acceptors (Lipinski definition) is 4. The molecule has 0 saturated carbocycles. The molecule has 0 spiro atoms. The first-order valence-electron chi connectivity index (χ1n) is 6.62. The van der Waals surface area contributed by atoms with E-state index in [9.17, 15) is 4.79 Å². The number of aromatic nitrogens is 3. The molecule has 6 heteroatoms. The number of rotatable bonds is 5. The summed E-state index contributed by atoms with van der Waals surface area (Å²) in [6, 6.07) is 0. The summed E-state index contributed by atoms with van der Waals surface area (Å²) in [6.07, 6.45) is 5.63. The lowest BCUT2D eigenvalue weighted by atomic mass is 9.97. The van der Waals surface area contributed by atoms with Crippen LogP contribution in [0.4, 0.5) is 0 Å². The molecule has 0 bridgehead atoms. The van der Waals surface area contributed by atoms with Gasteiger partial charge in [-0.15, -0.1) is 5.10 Å². The van der Waals surface area contributed by atoms with Crippen molar-refractivity contribution < 1.29 is 4.79 Å². The van der Waals surface area contributed by atoms with Crippen molar-refractivity contribution in [3.8, 4) is 0 Å². The lowest BCUT2D eigenvalue weighted by Gasteiger charge is -2.29. The zero-order valence-electron chi connectivity index (χ0n) is 10.9. The van der Waals surface area contributed by atoms with Gasteiger partial charge in [-0.05, 0) is 38.8 Å². The maximum Gasteiger partial charge on any atom is 0.244 e. The van der Waals surface area contributed by atoms with Gasteiger partial charge < -0.3 is 10.2 Å². The highest BCUT2D eigenvalue weighted by Gasteiger charge is 2.19. The van der Waals surface area contributed by atoms with Gasteiger partial charge in [0.25, 0.3) is 0 Å². The average Bonchev–Trinajstić information content (AvgIpc) is 2.90. The third kappa shape index (κ3) is 3.53. The molecular formula is C12H21N5O. The van der Waals surface area contributed by atoms with E-state index in [0.29, 0.717) is 12.5 Å². The first kappa shape index (κ1) is 13.0. The van der Waals surface area contributed by atoms with Gasteiger partial charge >= 0.3 is 0 Å². The van der Waals surface area contributed by atoms with Crippen LogP contribution in [0.5, 0.6) is 0 Å². The van der Waals surface area contributed by atoms with Crippen LogP contribution in [0.2, 0.25) is 0 Å². The molecule has 2 heterocycles. The summed E-state index contributed by atoms with van der Waals surface area (Å²) >= 11 is 0. The van der Waals surface area contributed by atoms with Crippen molar-refractivity contribution in [2.75, 3.05) is 26.2 Å². The monoisotopic (exact) mass is 251 g/mol. The fourth-order valence-electron chi connectivity index (χ4n) is 2.34.